The van der Waals surface area contributed by atoms with Crippen LogP contribution in [-0.4, -0.2) is 23.2 Å². The van der Waals surface area contributed by atoms with Gasteiger partial charge in [-0.1, -0.05) is 6.92 Å². The van der Waals surface area contributed by atoms with Crippen molar-refractivity contribution in [3.63, 3.8) is 0 Å². The van der Waals surface area contributed by atoms with Gasteiger partial charge < -0.3 is 14.8 Å². The van der Waals surface area contributed by atoms with E-state index in [1.165, 1.54) is 6.07 Å². The molecule has 0 aliphatic rings. The Bertz CT molecular complexity index is 324. The predicted octanol–water partition coefficient (Wildman–Crippen LogP) is 0.906. The van der Waals surface area contributed by atoms with Crippen LogP contribution >= 0.6 is 0 Å². The topological polar surface area (TPSA) is 88.5 Å². The Morgan fingerprint density at radius 2 is 2.40 bits per heavy atom. The minimum atomic E-state index is -0.570. The van der Waals surface area contributed by atoms with Crippen LogP contribution in [0.15, 0.2) is 16.5 Å². The van der Waals surface area contributed by atoms with Gasteiger partial charge in [-0.2, -0.15) is 0 Å². The molecule has 15 heavy (non-hydrogen) atoms. The molecule has 0 spiro atoms. The quantitative estimate of drug-likeness (QED) is 0.542. The molecule has 0 bridgehead atoms. The number of hydrogen-bond donors (Lipinski definition) is 2. The molecule has 1 heterocycles. The van der Waals surface area contributed by atoms with Gasteiger partial charge >= 0.3 is 5.88 Å². The Balaban J connectivity index is 2.35. The molecule has 0 aliphatic carbocycles. The summed E-state index contributed by atoms with van der Waals surface area (Å²) in [5.74, 6) is 0.434. The van der Waals surface area contributed by atoms with Gasteiger partial charge in [0.25, 0.3) is 0 Å². The molecule has 1 unspecified atom stereocenters. The summed E-state index contributed by atoms with van der Waals surface area (Å²) in [5, 5.41) is 22.1. The van der Waals surface area contributed by atoms with E-state index >= 15 is 0 Å². The highest BCUT2D eigenvalue weighted by Gasteiger charge is 2.11. The largest absolute Gasteiger partial charge is 0.433 e. The molecule has 0 fully saturated rings. The van der Waals surface area contributed by atoms with Gasteiger partial charge in [0.15, 0.2) is 0 Å². The maximum atomic E-state index is 10.3. The summed E-state index contributed by atoms with van der Waals surface area (Å²) >= 11 is 0. The van der Waals surface area contributed by atoms with Crippen LogP contribution in [0.5, 0.6) is 0 Å². The molecule has 0 aromatic carbocycles. The van der Waals surface area contributed by atoms with Crippen molar-refractivity contribution in [2.75, 3.05) is 13.2 Å². The highest BCUT2D eigenvalue weighted by Crippen LogP contribution is 2.15. The Morgan fingerprint density at radius 1 is 1.67 bits per heavy atom. The third-order valence-corrected chi connectivity index (χ3v) is 1.93. The lowest BCUT2D eigenvalue weighted by molar-refractivity contribution is -0.402. The summed E-state index contributed by atoms with van der Waals surface area (Å²) < 4.78 is 4.94. The van der Waals surface area contributed by atoms with Crippen molar-refractivity contribution in [1.82, 2.24) is 5.32 Å². The number of hydrogen-bond acceptors (Lipinski definition) is 5. The van der Waals surface area contributed by atoms with Crippen molar-refractivity contribution in [2.24, 2.45) is 5.92 Å². The molecule has 6 heteroatoms. The van der Waals surface area contributed by atoms with Gasteiger partial charge in [-0.05, 0) is 12.0 Å². The Morgan fingerprint density at radius 3 is 2.93 bits per heavy atom. The first-order valence-electron chi connectivity index (χ1n) is 4.68. The van der Waals surface area contributed by atoms with Crippen LogP contribution in [0.1, 0.15) is 12.7 Å². The fraction of sp³-hybridized carbons (Fsp3) is 0.556. The summed E-state index contributed by atoms with van der Waals surface area (Å²) in [7, 11) is 0. The van der Waals surface area contributed by atoms with Crippen LogP contribution in [0, 0.1) is 16.0 Å². The highest BCUT2D eigenvalue weighted by atomic mass is 16.6. The zero-order valence-electron chi connectivity index (χ0n) is 8.47. The highest BCUT2D eigenvalue weighted by molar-refractivity contribution is 5.17. The normalized spacial score (nSPS) is 12.7. The smallest absolute Gasteiger partial charge is 0.404 e. The first-order chi connectivity index (χ1) is 7.13. The average molecular weight is 214 g/mol. The van der Waals surface area contributed by atoms with Gasteiger partial charge in [0, 0.05) is 13.2 Å². The van der Waals surface area contributed by atoms with E-state index in [1.807, 2.05) is 6.92 Å². The van der Waals surface area contributed by atoms with E-state index in [9.17, 15) is 10.1 Å². The molecule has 1 aromatic heterocycles. The summed E-state index contributed by atoms with van der Waals surface area (Å²) in [6, 6.07) is 2.89. The van der Waals surface area contributed by atoms with Gasteiger partial charge in [0.2, 0.25) is 0 Å². The number of aliphatic hydroxyl groups excluding tert-OH is 1. The van der Waals surface area contributed by atoms with E-state index in [4.69, 9.17) is 9.52 Å². The lowest BCUT2D eigenvalue weighted by atomic mass is 10.2. The lowest BCUT2D eigenvalue weighted by Crippen LogP contribution is -2.22. The molecule has 0 saturated heterocycles. The van der Waals surface area contributed by atoms with Crippen molar-refractivity contribution in [3.8, 4) is 0 Å². The second-order valence-electron chi connectivity index (χ2n) is 3.42. The van der Waals surface area contributed by atoms with Gasteiger partial charge in [0.05, 0.1) is 12.6 Å². The third-order valence-electron chi connectivity index (χ3n) is 1.93. The van der Waals surface area contributed by atoms with E-state index in [0.717, 1.165) is 0 Å². The number of rotatable bonds is 6. The molecule has 6 nitrogen and oxygen atoms in total. The number of aliphatic hydroxyl groups is 1. The minimum Gasteiger partial charge on any atom is -0.404 e. The van der Waals surface area contributed by atoms with Gasteiger partial charge in [-0.25, -0.2) is 0 Å². The molecule has 84 valence electrons. The molecule has 1 atom stereocenters. The third kappa shape index (κ3) is 3.69. The minimum absolute atomic E-state index is 0.116. The van der Waals surface area contributed by atoms with E-state index in [-0.39, 0.29) is 18.4 Å². The van der Waals surface area contributed by atoms with Crippen molar-refractivity contribution < 1.29 is 14.4 Å². The molecule has 1 aromatic rings. The van der Waals surface area contributed by atoms with E-state index in [2.05, 4.69) is 5.32 Å². The molecule has 0 radical (unpaired) electrons. The molecular formula is C9H14N2O4. The maximum Gasteiger partial charge on any atom is 0.433 e. The monoisotopic (exact) mass is 214 g/mol. The maximum absolute atomic E-state index is 10.3. The van der Waals surface area contributed by atoms with Crippen LogP contribution in [-0.2, 0) is 6.54 Å². The number of nitro groups is 1. The average Bonchev–Trinajstić information content (AvgIpc) is 2.66. The van der Waals surface area contributed by atoms with Crippen LogP contribution in [0.3, 0.4) is 0 Å². The van der Waals surface area contributed by atoms with Crippen LogP contribution in [0.4, 0.5) is 5.88 Å². The van der Waals surface area contributed by atoms with Gasteiger partial charge in [0.1, 0.15) is 10.7 Å². The Kier molecular flexibility index (Phi) is 4.26. The standard InChI is InChI=1S/C9H14N2O4/c1-7(6-12)4-10-5-8-2-3-9(15-8)11(13)14/h2-3,7,10,12H,4-6H2,1H3. The number of nitrogens with zero attached hydrogens (tertiary/aromatic N) is 1. The first-order valence-corrected chi connectivity index (χ1v) is 4.68. The van der Waals surface area contributed by atoms with Crippen LogP contribution < -0.4 is 5.32 Å². The van der Waals surface area contributed by atoms with Crippen LogP contribution in [0.25, 0.3) is 0 Å². The first kappa shape index (κ1) is 11.7. The molecular weight excluding hydrogens is 200 g/mol. The van der Waals surface area contributed by atoms with Gasteiger partial charge in [-0.3, -0.25) is 10.1 Å². The van der Waals surface area contributed by atoms with E-state index in [1.54, 1.807) is 6.07 Å². The Labute approximate surface area is 87.0 Å². The molecule has 0 aliphatic heterocycles. The lowest BCUT2D eigenvalue weighted by Gasteiger charge is -2.07. The molecule has 1 rings (SSSR count). The van der Waals surface area contributed by atoms with Crippen LogP contribution in [0.2, 0.25) is 0 Å². The zero-order chi connectivity index (χ0) is 11.3. The second-order valence-corrected chi connectivity index (χ2v) is 3.42. The SMILES string of the molecule is CC(CO)CNCc1ccc([N+](=O)[O-])o1. The van der Waals surface area contributed by atoms with Crippen molar-refractivity contribution in [3.05, 3.63) is 28.0 Å². The van der Waals surface area contributed by atoms with Crippen molar-refractivity contribution in [2.45, 2.75) is 13.5 Å². The predicted molar refractivity (Wildman–Crippen MR) is 53.3 cm³/mol. The summed E-state index contributed by atoms with van der Waals surface area (Å²) in [6.07, 6.45) is 0. The van der Waals surface area contributed by atoms with E-state index < -0.39 is 4.92 Å². The van der Waals surface area contributed by atoms with E-state index in [0.29, 0.717) is 18.8 Å². The molecule has 2 N–H and O–H groups in total. The summed E-state index contributed by atoms with van der Waals surface area (Å²) in [6.45, 7) is 3.09. The summed E-state index contributed by atoms with van der Waals surface area (Å²) in [4.78, 5) is 9.73. The molecule has 0 saturated carbocycles. The number of furan rings is 1. The Hall–Kier alpha value is -1.40. The van der Waals surface area contributed by atoms with Crippen molar-refractivity contribution >= 4 is 5.88 Å². The second kappa shape index (κ2) is 5.47. The summed E-state index contributed by atoms with van der Waals surface area (Å²) in [5.41, 5.74) is 0. The molecule has 0 amide bonds. The van der Waals surface area contributed by atoms with Gasteiger partial charge in [-0.15, -0.1) is 0 Å². The number of nitrogens with one attached hydrogen (secondary N) is 1. The zero-order valence-corrected chi connectivity index (χ0v) is 8.47. The van der Waals surface area contributed by atoms with Crippen molar-refractivity contribution in [1.29, 1.82) is 0 Å². The fourth-order valence-corrected chi connectivity index (χ4v) is 1.07. The fourth-order valence-electron chi connectivity index (χ4n) is 1.07.